The maximum atomic E-state index is 12.9. The fourth-order valence-corrected chi connectivity index (χ4v) is 3.85. The standard InChI is InChI=1S/C22H28ClN3O/c1-4-17-8-7-9-18(16(2)3)21(17)24-22(27)26-14-12-25(13-15-26)20-11-6-5-10-19(20)23/h5-11,16H,4,12-15H2,1-3H3,(H,24,27). The number of nitrogens with one attached hydrogen (secondary N) is 1. The summed E-state index contributed by atoms with van der Waals surface area (Å²) in [6.07, 6.45) is 0.899. The minimum atomic E-state index is -0.0170. The second kappa shape index (κ2) is 8.66. The Morgan fingerprint density at radius 3 is 2.41 bits per heavy atom. The molecule has 0 aromatic heterocycles. The lowest BCUT2D eigenvalue weighted by Gasteiger charge is -2.36. The Kier molecular flexibility index (Phi) is 6.27. The average molecular weight is 386 g/mol. The van der Waals surface area contributed by atoms with E-state index in [1.807, 2.05) is 29.2 Å². The van der Waals surface area contributed by atoms with E-state index in [1.54, 1.807) is 0 Å². The Labute approximate surface area is 167 Å². The van der Waals surface area contributed by atoms with Gasteiger partial charge in [-0.05, 0) is 35.6 Å². The first-order chi connectivity index (χ1) is 13.0. The highest BCUT2D eigenvalue weighted by Gasteiger charge is 2.23. The summed E-state index contributed by atoms with van der Waals surface area (Å²) >= 11 is 6.31. The first-order valence-electron chi connectivity index (χ1n) is 9.68. The molecule has 2 aromatic rings. The molecule has 27 heavy (non-hydrogen) atoms. The summed E-state index contributed by atoms with van der Waals surface area (Å²) in [7, 11) is 0. The first-order valence-corrected chi connectivity index (χ1v) is 10.1. The third kappa shape index (κ3) is 4.38. The van der Waals surface area contributed by atoms with E-state index in [9.17, 15) is 4.79 Å². The number of amides is 2. The molecule has 1 aliphatic heterocycles. The molecule has 3 rings (SSSR count). The number of para-hydroxylation sites is 2. The van der Waals surface area contributed by atoms with Crippen molar-refractivity contribution in [3.63, 3.8) is 0 Å². The van der Waals surface area contributed by atoms with Gasteiger partial charge in [0.05, 0.1) is 10.7 Å². The summed E-state index contributed by atoms with van der Waals surface area (Å²) < 4.78 is 0. The number of hydrogen-bond donors (Lipinski definition) is 1. The Bertz CT molecular complexity index is 798. The second-order valence-electron chi connectivity index (χ2n) is 7.25. The van der Waals surface area contributed by atoms with E-state index in [0.29, 0.717) is 19.0 Å². The fourth-order valence-electron chi connectivity index (χ4n) is 3.59. The van der Waals surface area contributed by atoms with Gasteiger partial charge in [0, 0.05) is 31.9 Å². The number of halogens is 1. The Hall–Kier alpha value is -2.20. The van der Waals surface area contributed by atoms with Gasteiger partial charge in [0.15, 0.2) is 0 Å². The summed E-state index contributed by atoms with van der Waals surface area (Å²) in [6, 6.07) is 14.1. The number of carbonyl (C=O) groups is 1. The van der Waals surface area contributed by atoms with Crippen molar-refractivity contribution in [1.29, 1.82) is 0 Å². The van der Waals surface area contributed by atoms with Crippen LogP contribution in [0.3, 0.4) is 0 Å². The normalized spacial score (nSPS) is 14.6. The van der Waals surface area contributed by atoms with E-state index in [4.69, 9.17) is 11.6 Å². The van der Waals surface area contributed by atoms with Crippen LogP contribution in [-0.4, -0.2) is 37.1 Å². The maximum Gasteiger partial charge on any atom is 0.321 e. The molecule has 2 aromatic carbocycles. The minimum absolute atomic E-state index is 0.0170. The van der Waals surface area contributed by atoms with Crippen LogP contribution in [0.15, 0.2) is 42.5 Å². The highest BCUT2D eigenvalue weighted by atomic mass is 35.5. The van der Waals surface area contributed by atoms with Crippen LogP contribution in [0.5, 0.6) is 0 Å². The van der Waals surface area contributed by atoms with E-state index in [-0.39, 0.29) is 6.03 Å². The number of urea groups is 1. The molecule has 1 fully saturated rings. The first kappa shape index (κ1) is 19.6. The monoisotopic (exact) mass is 385 g/mol. The predicted octanol–water partition coefficient (Wildman–Crippen LogP) is 5.38. The van der Waals surface area contributed by atoms with E-state index >= 15 is 0 Å². The van der Waals surface area contributed by atoms with Crippen LogP contribution >= 0.6 is 11.6 Å². The molecule has 1 heterocycles. The predicted molar refractivity (Wildman–Crippen MR) is 114 cm³/mol. The van der Waals surface area contributed by atoms with Gasteiger partial charge in [-0.15, -0.1) is 0 Å². The molecule has 0 atom stereocenters. The van der Waals surface area contributed by atoms with Gasteiger partial charge in [-0.2, -0.15) is 0 Å². The summed E-state index contributed by atoms with van der Waals surface area (Å²) in [6.45, 7) is 9.37. The number of rotatable bonds is 4. The third-order valence-corrected chi connectivity index (χ3v) is 5.50. The van der Waals surface area contributed by atoms with Gasteiger partial charge < -0.3 is 15.1 Å². The van der Waals surface area contributed by atoms with Crippen LogP contribution in [-0.2, 0) is 6.42 Å². The van der Waals surface area contributed by atoms with Crippen LogP contribution in [0.4, 0.5) is 16.2 Å². The Morgan fingerprint density at radius 1 is 1.07 bits per heavy atom. The number of nitrogens with zero attached hydrogens (tertiary/aromatic N) is 2. The number of benzene rings is 2. The zero-order valence-electron chi connectivity index (χ0n) is 16.3. The van der Waals surface area contributed by atoms with Crippen molar-refractivity contribution >= 4 is 29.0 Å². The summed E-state index contributed by atoms with van der Waals surface area (Å²) in [5.74, 6) is 0.365. The molecule has 4 nitrogen and oxygen atoms in total. The fraction of sp³-hybridized carbons (Fsp3) is 0.409. The molecule has 0 aliphatic carbocycles. The van der Waals surface area contributed by atoms with Crippen molar-refractivity contribution in [3.05, 3.63) is 58.6 Å². The van der Waals surface area contributed by atoms with E-state index in [2.05, 4.69) is 49.2 Å². The van der Waals surface area contributed by atoms with Crippen LogP contribution < -0.4 is 10.2 Å². The molecule has 0 spiro atoms. The lowest BCUT2D eigenvalue weighted by molar-refractivity contribution is 0.208. The van der Waals surface area contributed by atoms with E-state index < -0.39 is 0 Å². The minimum Gasteiger partial charge on any atom is -0.367 e. The van der Waals surface area contributed by atoms with Gasteiger partial charge >= 0.3 is 6.03 Å². The van der Waals surface area contributed by atoms with Gasteiger partial charge in [0.2, 0.25) is 0 Å². The topological polar surface area (TPSA) is 35.6 Å². The van der Waals surface area contributed by atoms with Crippen LogP contribution in [0, 0.1) is 0 Å². The summed E-state index contributed by atoms with van der Waals surface area (Å²) in [4.78, 5) is 17.0. The molecule has 1 aliphatic rings. The number of anilines is 2. The van der Waals surface area contributed by atoms with Crippen molar-refractivity contribution in [2.24, 2.45) is 0 Å². The van der Waals surface area contributed by atoms with Crippen molar-refractivity contribution in [3.8, 4) is 0 Å². The molecule has 0 saturated carbocycles. The Morgan fingerprint density at radius 2 is 1.78 bits per heavy atom. The zero-order chi connectivity index (χ0) is 19.4. The van der Waals surface area contributed by atoms with Crippen LogP contribution in [0.2, 0.25) is 5.02 Å². The molecule has 144 valence electrons. The van der Waals surface area contributed by atoms with Crippen molar-refractivity contribution in [1.82, 2.24) is 4.90 Å². The highest BCUT2D eigenvalue weighted by Crippen LogP contribution is 2.29. The quantitative estimate of drug-likeness (QED) is 0.766. The molecule has 0 radical (unpaired) electrons. The van der Waals surface area contributed by atoms with Crippen molar-refractivity contribution in [2.45, 2.75) is 33.1 Å². The SMILES string of the molecule is CCc1cccc(C(C)C)c1NC(=O)N1CCN(c2ccccc2Cl)CC1. The van der Waals surface area contributed by atoms with Gasteiger partial charge in [0.1, 0.15) is 0 Å². The number of hydrogen-bond acceptors (Lipinski definition) is 2. The molecular formula is C22H28ClN3O. The summed E-state index contributed by atoms with van der Waals surface area (Å²) in [5.41, 5.74) is 4.40. The molecule has 1 saturated heterocycles. The molecule has 0 bridgehead atoms. The smallest absolute Gasteiger partial charge is 0.321 e. The largest absolute Gasteiger partial charge is 0.367 e. The number of carbonyl (C=O) groups excluding carboxylic acids is 1. The number of aryl methyl sites for hydroxylation is 1. The van der Waals surface area contributed by atoms with Crippen LogP contribution in [0.25, 0.3) is 0 Å². The zero-order valence-corrected chi connectivity index (χ0v) is 17.1. The molecule has 1 N–H and O–H groups in total. The lowest BCUT2D eigenvalue weighted by atomic mass is 9.96. The van der Waals surface area contributed by atoms with E-state index in [0.717, 1.165) is 35.9 Å². The lowest BCUT2D eigenvalue weighted by Crippen LogP contribution is -2.50. The summed E-state index contributed by atoms with van der Waals surface area (Å²) in [5, 5.41) is 3.95. The van der Waals surface area contributed by atoms with Crippen molar-refractivity contribution in [2.75, 3.05) is 36.4 Å². The maximum absolute atomic E-state index is 12.9. The molecule has 2 amide bonds. The van der Waals surface area contributed by atoms with Crippen molar-refractivity contribution < 1.29 is 4.79 Å². The van der Waals surface area contributed by atoms with E-state index in [1.165, 1.54) is 11.1 Å². The van der Waals surface area contributed by atoms with Gasteiger partial charge in [0.25, 0.3) is 0 Å². The van der Waals surface area contributed by atoms with Gasteiger partial charge in [-0.25, -0.2) is 4.79 Å². The van der Waals surface area contributed by atoms with Gasteiger partial charge in [-0.1, -0.05) is 62.7 Å². The van der Waals surface area contributed by atoms with Gasteiger partial charge in [-0.3, -0.25) is 0 Å². The molecule has 0 unspecified atom stereocenters. The van der Waals surface area contributed by atoms with Crippen LogP contribution in [0.1, 0.15) is 37.8 Å². The molecule has 5 heteroatoms. The average Bonchev–Trinajstić information content (AvgIpc) is 2.68. The third-order valence-electron chi connectivity index (χ3n) is 5.18. The number of piperazine rings is 1. The second-order valence-corrected chi connectivity index (χ2v) is 7.65. The highest BCUT2D eigenvalue weighted by molar-refractivity contribution is 6.33. The molecular weight excluding hydrogens is 358 g/mol. The Balaban J connectivity index is 1.68.